The van der Waals surface area contributed by atoms with Gasteiger partial charge in [0.15, 0.2) is 0 Å². The van der Waals surface area contributed by atoms with Crippen LogP contribution in [0.2, 0.25) is 0 Å². The van der Waals surface area contributed by atoms with Gasteiger partial charge in [-0.2, -0.15) is 0 Å². The molecular weight excluding hydrogens is 235 g/mol. The lowest BCUT2D eigenvalue weighted by Crippen LogP contribution is -2.41. The van der Waals surface area contributed by atoms with Gasteiger partial charge in [0.1, 0.15) is 5.82 Å². The van der Waals surface area contributed by atoms with E-state index in [1.807, 2.05) is 6.92 Å². The number of halogens is 1. The van der Waals surface area contributed by atoms with Gasteiger partial charge in [-0.25, -0.2) is 4.39 Å². The Labute approximate surface area is 105 Å². The maximum Gasteiger partial charge on any atom is 0.253 e. The summed E-state index contributed by atoms with van der Waals surface area (Å²) in [6, 6.07) is 4.10. The molecule has 1 heterocycles. The van der Waals surface area contributed by atoms with E-state index in [0.29, 0.717) is 0 Å². The minimum absolute atomic E-state index is 0.0312. The molecule has 1 fully saturated rings. The molecule has 2 unspecified atom stereocenters. The van der Waals surface area contributed by atoms with Crippen LogP contribution in [0.1, 0.15) is 30.1 Å². The number of hydrogen-bond donors (Lipinski definition) is 2. The largest absolute Gasteiger partial charge is 0.396 e. The van der Waals surface area contributed by atoms with Crippen molar-refractivity contribution in [2.45, 2.75) is 31.9 Å². The highest BCUT2D eigenvalue weighted by Gasteiger charge is 2.24. The van der Waals surface area contributed by atoms with E-state index in [0.717, 1.165) is 19.4 Å². The van der Waals surface area contributed by atoms with Crippen molar-refractivity contribution in [3.05, 3.63) is 29.6 Å². The van der Waals surface area contributed by atoms with Gasteiger partial charge in [-0.15, -0.1) is 0 Å². The Kier molecular flexibility index (Phi) is 3.81. The predicted molar refractivity (Wildman–Crippen MR) is 66.7 cm³/mol. The van der Waals surface area contributed by atoms with E-state index >= 15 is 0 Å². The molecule has 0 spiro atoms. The molecule has 0 bridgehead atoms. The molecule has 5 heteroatoms. The minimum atomic E-state index is -0.576. The second-order valence-corrected chi connectivity index (χ2v) is 4.51. The van der Waals surface area contributed by atoms with Crippen LogP contribution < -0.4 is 11.1 Å². The highest BCUT2D eigenvalue weighted by atomic mass is 19.1. The fourth-order valence-electron chi connectivity index (χ4n) is 2.11. The Morgan fingerprint density at radius 3 is 3.06 bits per heavy atom. The number of nitrogens with two attached hydrogens (primary N) is 1. The smallest absolute Gasteiger partial charge is 0.253 e. The molecule has 1 aromatic rings. The zero-order valence-corrected chi connectivity index (χ0v) is 10.3. The van der Waals surface area contributed by atoms with Crippen LogP contribution >= 0.6 is 0 Å². The summed E-state index contributed by atoms with van der Waals surface area (Å²) in [6.07, 6.45) is 1.97. The second kappa shape index (κ2) is 5.35. The third-order valence-corrected chi connectivity index (χ3v) is 3.18. The van der Waals surface area contributed by atoms with Crippen LogP contribution in [0.3, 0.4) is 0 Å². The molecule has 0 aliphatic carbocycles. The maximum atomic E-state index is 13.2. The number of carbonyl (C=O) groups is 1. The summed E-state index contributed by atoms with van der Waals surface area (Å²) in [5, 5.41) is 2.80. The molecule has 18 heavy (non-hydrogen) atoms. The fraction of sp³-hybridized carbons (Fsp3) is 0.462. The van der Waals surface area contributed by atoms with Crippen LogP contribution in [0.25, 0.3) is 0 Å². The molecule has 1 saturated heterocycles. The topological polar surface area (TPSA) is 64.4 Å². The molecule has 98 valence electrons. The van der Waals surface area contributed by atoms with E-state index in [1.54, 1.807) is 0 Å². The van der Waals surface area contributed by atoms with Crippen molar-refractivity contribution in [1.82, 2.24) is 5.32 Å². The first-order valence-corrected chi connectivity index (χ1v) is 6.06. The Morgan fingerprint density at radius 2 is 2.39 bits per heavy atom. The number of amides is 1. The highest BCUT2D eigenvalue weighted by molar-refractivity contribution is 5.99. The lowest BCUT2D eigenvalue weighted by atomic mass is 10.1. The summed E-state index contributed by atoms with van der Waals surface area (Å²) in [4.78, 5) is 12.0. The minimum Gasteiger partial charge on any atom is -0.396 e. The molecular formula is C13H17FN2O2. The molecule has 4 nitrogen and oxygen atoms in total. The first kappa shape index (κ1) is 12.8. The number of carbonyl (C=O) groups excluding carboxylic acids is 1. The van der Waals surface area contributed by atoms with Gasteiger partial charge in [0.05, 0.1) is 23.4 Å². The normalized spacial score (nSPS) is 20.7. The monoisotopic (exact) mass is 252 g/mol. The highest BCUT2D eigenvalue weighted by Crippen LogP contribution is 2.18. The van der Waals surface area contributed by atoms with Crippen LogP contribution in [0.4, 0.5) is 10.1 Å². The SMILES string of the molecule is CC(NC(=O)c1cccc(F)c1N)C1CCCO1. The zero-order valence-electron chi connectivity index (χ0n) is 10.3. The quantitative estimate of drug-likeness (QED) is 0.805. The van der Waals surface area contributed by atoms with E-state index in [9.17, 15) is 9.18 Å². The number of benzene rings is 1. The van der Waals surface area contributed by atoms with Gasteiger partial charge in [0.25, 0.3) is 5.91 Å². The third-order valence-electron chi connectivity index (χ3n) is 3.18. The van der Waals surface area contributed by atoms with Crippen LogP contribution in [-0.4, -0.2) is 24.7 Å². The molecule has 1 aliphatic heterocycles. The number of nitrogens with one attached hydrogen (secondary N) is 1. The summed E-state index contributed by atoms with van der Waals surface area (Å²) >= 11 is 0. The lowest BCUT2D eigenvalue weighted by Gasteiger charge is -2.20. The number of ether oxygens (including phenoxy) is 1. The van der Waals surface area contributed by atoms with Gasteiger partial charge in [0.2, 0.25) is 0 Å². The van der Waals surface area contributed by atoms with Crippen molar-refractivity contribution in [2.75, 3.05) is 12.3 Å². The second-order valence-electron chi connectivity index (χ2n) is 4.51. The average molecular weight is 252 g/mol. The van der Waals surface area contributed by atoms with E-state index in [2.05, 4.69) is 5.32 Å². The van der Waals surface area contributed by atoms with Crippen molar-refractivity contribution >= 4 is 11.6 Å². The molecule has 0 saturated carbocycles. The van der Waals surface area contributed by atoms with Crippen LogP contribution in [0.5, 0.6) is 0 Å². The molecule has 3 N–H and O–H groups in total. The van der Waals surface area contributed by atoms with Crippen molar-refractivity contribution in [3.63, 3.8) is 0 Å². The summed E-state index contributed by atoms with van der Waals surface area (Å²) in [7, 11) is 0. The first-order chi connectivity index (χ1) is 8.59. The van der Waals surface area contributed by atoms with Crippen LogP contribution in [0, 0.1) is 5.82 Å². The summed E-state index contributed by atoms with van der Waals surface area (Å²) in [6.45, 7) is 2.61. The predicted octanol–water partition coefficient (Wildman–Crippen LogP) is 1.71. The van der Waals surface area contributed by atoms with Gasteiger partial charge in [0, 0.05) is 6.61 Å². The van der Waals surface area contributed by atoms with Gasteiger partial charge in [-0.3, -0.25) is 4.79 Å². The Bertz CT molecular complexity index is 445. The Hall–Kier alpha value is -1.62. The molecule has 1 aromatic carbocycles. The molecule has 2 rings (SSSR count). The fourth-order valence-corrected chi connectivity index (χ4v) is 2.11. The van der Waals surface area contributed by atoms with Crippen molar-refractivity contribution in [2.24, 2.45) is 0 Å². The molecule has 2 atom stereocenters. The van der Waals surface area contributed by atoms with Gasteiger partial charge in [-0.05, 0) is 31.9 Å². The standard InChI is InChI=1S/C13H17FN2O2/c1-8(11-6-3-7-18-11)16-13(17)9-4-2-5-10(14)12(9)15/h2,4-5,8,11H,3,6-7,15H2,1H3,(H,16,17). The molecule has 1 aliphatic rings. The van der Waals surface area contributed by atoms with Gasteiger partial charge < -0.3 is 15.8 Å². The molecule has 0 aromatic heterocycles. The van der Waals surface area contributed by atoms with E-state index in [1.165, 1.54) is 18.2 Å². The number of para-hydroxylation sites is 1. The van der Waals surface area contributed by atoms with Crippen molar-refractivity contribution in [3.8, 4) is 0 Å². The molecule has 0 radical (unpaired) electrons. The lowest BCUT2D eigenvalue weighted by molar-refractivity contribution is 0.0712. The van der Waals surface area contributed by atoms with E-state index in [4.69, 9.17) is 10.5 Å². The maximum absolute atomic E-state index is 13.2. The number of anilines is 1. The number of hydrogen-bond acceptors (Lipinski definition) is 3. The average Bonchev–Trinajstić information content (AvgIpc) is 2.86. The summed E-state index contributed by atoms with van der Waals surface area (Å²) in [5.41, 5.74) is 5.60. The van der Waals surface area contributed by atoms with Gasteiger partial charge >= 0.3 is 0 Å². The summed E-state index contributed by atoms with van der Waals surface area (Å²) < 4.78 is 18.7. The van der Waals surface area contributed by atoms with Gasteiger partial charge in [-0.1, -0.05) is 6.07 Å². The summed E-state index contributed by atoms with van der Waals surface area (Å²) in [5.74, 6) is -0.942. The number of rotatable bonds is 3. The number of nitrogen functional groups attached to an aromatic ring is 1. The van der Waals surface area contributed by atoms with E-state index in [-0.39, 0.29) is 29.3 Å². The van der Waals surface area contributed by atoms with Crippen LogP contribution in [0.15, 0.2) is 18.2 Å². The molecule has 1 amide bonds. The third kappa shape index (κ3) is 2.61. The van der Waals surface area contributed by atoms with Crippen molar-refractivity contribution < 1.29 is 13.9 Å². The van der Waals surface area contributed by atoms with E-state index < -0.39 is 5.82 Å². The Balaban J connectivity index is 2.05. The zero-order chi connectivity index (χ0) is 13.1. The first-order valence-electron chi connectivity index (χ1n) is 6.06. The van der Waals surface area contributed by atoms with Crippen molar-refractivity contribution in [1.29, 1.82) is 0 Å². The Morgan fingerprint density at radius 1 is 1.61 bits per heavy atom. The van der Waals surface area contributed by atoms with Crippen LogP contribution in [-0.2, 0) is 4.74 Å².